The molecule has 0 bridgehead atoms. The van der Waals surface area contributed by atoms with Gasteiger partial charge in [0.1, 0.15) is 12.1 Å². The second-order valence-corrected chi connectivity index (χ2v) is 8.83. The van der Waals surface area contributed by atoms with Crippen molar-refractivity contribution in [1.82, 2.24) is 10.2 Å². The number of imide groups is 1. The van der Waals surface area contributed by atoms with Gasteiger partial charge in [-0.05, 0) is 37.0 Å². The molecule has 0 aromatic heterocycles. The highest BCUT2D eigenvalue weighted by Gasteiger charge is 2.51. The van der Waals surface area contributed by atoms with E-state index in [1.807, 2.05) is 25.1 Å². The smallest absolute Gasteiger partial charge is 0.325 e. The molecule has 8 heteroatoms. The predicted octanol–water partition coefficient (Wildman–Crippen LogP) is 3.91. The summed E-state index contributed by atoms with van der Waals surface area (Å²) in [5, 5.41) is 5.56. The number of hydrogen-bond acceptors (Lipinski definition) is 5. The summed E-state index contributed by atoms with van der Waals surface area (Å²) in [7, 11) is 0. The number of urea groups is 1. The maximum absolute atomic E-state index is 13.2. The number of hydrogen-bond donors (Lipinski definition) is 2. The van der Waals surface area contributed by atoms with Crippen molar-refractivity contribution in [2.45, 2.75) is 56.8 Å². The lowest BCUT2D eigenvalue weighted by molar-refractivity contribution is -0.134. The minimum atomic E-state index is -1.16. The number of nitrogens with one attached hydrogen (secondary N) is 2. The molecule has 2 heterocycles. The molecule has 1 saturated heterocycles. The normalized spacial score (nSPS) is 23.0. The zero-order valence-electron chi connectivity index (χ0n) is 18.6. The first-order valence-electron chi connectivity index (χ1n) is 11.5. The molecule has 0 radical (unpaired) electrons. The number of benzene rings is 2. The van der Waals surface area contributed by atoms with Crippen molar-refractivity contribution in [2.24, 2.45) is 0 Å². The van der Waals surface area contributed by atoms with E-state index >= 15 is 0 Å². The van der Waals surface area contributed by atoms with Crippen LogP contribution in [-0.2, 0) is 15.1 Å². The third kappa shape index (κ3) is 3.69. The Morgan fingerprint density at radius 3 is 2.48 bits per heavy atom. The molecule has 1 unspecified atom stereocenters. The van der Waals surface area contributed by atoms with Gasteiger partial charge in [0.05, 0.1) is 0 Å². The average Bonchev–Trinajstić information content (AvgIpc) is 3.29. The molecule has 1 atom stereocenters. The predicted molar refractivity (Wildman–Crippen MR) is 121 cm³/mol. The van der Waals surface area contributed by atoms with Gasteiger partial charge in [0.15, 0.2) is 11.5 Å². The maximum atomic E-state index is 13.2. The van der Waals surface area contributed by atoms with E-state index in [2.05, 4.69) is 10.6 Å². The summed E-state index contributed by atoms with van der Waals surface area (Å²) < 4.78 is 12.2. The molecule has 172 valence electrons. The van der Waals surface area contributed by atoms with Crippen LogP contribution < -0.4 is 20.1 Å². The van der Waals surface area contributed by atoms with E-state index in [1.165, 1.54) is 6.42 Å². The summed E-state index contributed by atoms with van der Waals surface area (Å²) in [5.74, 6) is -0.228. The maximum Gasteiger partial charge on any atom is 0.325 e. The van der Waals surface area contributed by atoms with Gasteiger partial charge in [-0.25, -0.2) is 4.79 Å². The minimum absolute atomic E-state index is 0.377. The van der Waals surface area contributed by atoms with E-state index in [-0.39, 0.29) is 6.54 Å². The van der Waals surface area contributed by atoms with Gasteiger partial charge in [-0.3, -0.25) is 14.5 Å². The highest BCUT2D eigenvalue weighted by Crippen LogP contribution is 2.46. The van der Waals surface area contributed by atoms with Gasteiger partial charge in [-0.2, -0.15) is 0 Å². The Labute approximate surface area is 192 Å². The number of anilines is 1. The molecule has 33 heavy (non-hydrogen) atoms. The molecule has 1 aliphatic carbocycles. The van der Waals surface area contributed by atoms with Crippen molar-refractivity contribution < 1.29 is 23.9 Å². The molecular weight excluding hydrogens is 422 g/mol. The first-order chi connectivity index (χ1) is 15.9. The van der Waals surface area contributed by atoms with Crippen LogP contribution >= 0.6 is 0 Å². The molecule has 3 aliphatic rings. The molecule has 5 rings (SSSR count). The lowest BCUT2D eigenvalue weighted by atomic mass is 9.87. The van der Waals surface area contributed by atoms with E-state index in [1.54, 1.807) is 30.3 Å². The first kappa shape index (κ1) is 21.3. The van der Waals surface area contributed by atoms with Crippen LogP contribution in [0.3, 0.4) is 0 Å². The van der Waals surface area contributed by atoms with Crippen molar-refractivity contribution >= 4 is 23.5 Å². The average molecular weight is 450 g/mol. The van der Waals surface area contributed by atoms with Crippen molar-refractivity contribution in [3.05, 3.63) is 54.1 Å². The van der Waals surface area contributed by atoms with Crippen molar-refractivity contribution in [3.63, 3.8) is 0 Å². The van der Waals surface area contributed by atoms with Crippen LogP contribution in [0, 0.1) is 0 Å². The van der Waals surface area contributed by atoms with Gasteiger partial charge in [0.25, 0.3) is 11.7 Å². The monoisotopic (exact) mass is 449 g/mol. The molecule has 1 spiro atoms. The lowest BCUT2D eigenvalue weighted by Gasteiger charge is -2.31. The van der Waals surface area contributed by atoms with E-state index in [9.17, 15) is 14.4 Å². The quantitative estimate of drug-likeness (QED) is 0.675. The van der Waals surface area contributed by atoms with Crippen molar-refractivity contribution in [1.29, 1.82) is 0 Å². The Bertz CT molecular complexity index is 1100. The molecule has 2 N–H and O–H groups in total. The largest absolute Gasteiger partial charge is 0.448 e. The molecule has 2 aliphatic heterocycles. The van der Waals surface area contributed by atoms with Gasteiger partial charge in [-0.1, -0.05) is 43.7 Å². The number of carbonyl (C=O) groups excluding carboxylic acids is 3. The third-order valence-electron chi connectivity index (χ3n) is 6.71. The minimum Gasteiger partial charge on any atom is -0.448 e. The zero-order chi connectivity index (χ0) is 23.1. The Hall–Kier alpha value is -3.55. The van der Waals surface area contributed by atoms with Crippen molar-refractivity contribution in [2.75, 3.05) is 11.9 Å². The standard InChI is InChI=1S/C25H27N3O5/c1-2-25(17-9-5-3-6-10-17)22(30)28(23(31)27-25)16-21(29)26-18-11-12-19-20(15-18)33-24(32-19)13-7-4-8-14-24/h3,5-6,9-12,15H,2,4,7-8,13-14,16H2,1H3,(H,26,29)(H,27,31). The summed E-state index contributed by atoms with van der Waals surface area (Å²) in [4.78, 5) is 39.5. The molecule has 2 aromatic rings. The number of ether oxygens (including phenoxy) is 2. The van der Waals surface area contributed by atoms with Crippen LogP contribution in [0.5, 0.6) is 11.5 Å². The van der Waals surface area contributed by atoms with Crippen LogP contribution in [0.2, 0.25) is 0 Å². The molecule has 2 fully saturated rings. The Morgan fingerprint density at radius 1 is 1.03 bits per heavy atom. The Morgan fingerprint density at radius 2 is 1.76 bits per heavy atom. The summed E-state index contributed by atoms with van der Waals surface area (Å²) in [6.45, 7) is 1.46. The number of amides is 4. The zero-order valence-corrected chi connectivity index (χ0v) is 18.6. The first-order valence-corrected chi connectivity index (χ1v) is 11.5. The van der Waals surface area contributed by atoms with Gasteiger partial charge in [0, 0.05) is 24.6 Å². The fourth-order valence-electron chi connectivity index (χ4n) is 4.94. The van der Waals surface area contributed by atoms with Gasteiger partial charge >= 0.3 is 6.03 Å². The summed E-state index contributed by atoms with van der Waals surface area (Å²) in [5.41, 5.74) is 0.0549. The van der Waals surface area contributed by atoms with Crippen LogP contribution in [0.15, 0.2) is 48.5 Å². The highest BCUT2D eigenvalue weighted by molar-refractivity contribution is 6.10. The number of rotatable bonds is 5. The Kier molecular flexibility index (Phi) is 5.23. The van der Waals surface area contributed by atoms with E-state index in [4.69, 9.17) is 9.47 Å². The van der Waals surface area contributed by atoms with Crippen LogP contribution in [0.1, 0.15) is 51.0 Å². The van der Waals surface area contributed by atoms with Gasteiger partial charge in [-0.15, -0.1) is 0 Å². The van der Waals surface area contributed by atoms with Gasteiger partial charge < -0.3 is 20.1 Å². The van der Waals surface area contributed by atoms with E-state index < -0.39 is 29.2 Å². The molecular formula is C25H27N3O5. The topological polar surface area (TPSA) is 97.0 Å². The molecule has 1 saturated carbocycles. The van der Waals surface area contributed by atoms with Gasteiger partial charge in [0.2, 0.25) is 5.91 Å². The van der Waals surface area contributed by atoms with Crippen LogP contribution in [0.25, 0.3) is 0 Å². The number of fused-ring (bicyclic) bond motifs is 1. The van der Waals surface area contributed by atoms with Crippen molar-refractivity contribution in [3.8, 4) is 11.5 Å². The number of carbonyl (C=O) groups is 3. The SMILES string of the molecule is CCC1(c2ccccc2)NC(=O)N(CC(=O)Nc2ccc3c(c2)OC2(CCCCC2)O3)C1=O. The Balaban J connectivity index is 1.27. The second-order valence-electron chi connectivity index (χ2n) is 8.83. The summed E-state index contributed by atoms with van der Waals surface area (Å²) in [6, 6.07) is 13.7. The molecule has 2 aromatic carbocycles. The second kappa shape index (κ2) is 8.10. The summed E-state index contributed by atoms with van der Waals surface area (Å²) in [6.07, 6.45) is 5.37. The van der Waals surface area contributed by atoms with E-state index in [0.717, 1.165) is 30.6 Å². The summed E-state index contributed by atoms with van der Waals surface area (Å²) >= 11 is 0. The third-order valence-corrected chi connectivity index (χ3v) is 6.71. The molecule has 4 amide bonds. The lowest BCUT2D eigenvalue weighted by Crippen LogP contribution is -2.44. The van der Waals surface area contributed by atoms with E-state index in [0.29, 0.717) is 29.2 Å². The molecule has 8 nitrogen and oxygen atoms in total. The van der Waals surface area contributed by atoms with Crippen LogP contribution in [-0.4, -0.2) is 35.1 Å². The number of nitrogens with zero attached hydrogens (tertiary/aromatic N) is 1. The fraction of sp³-hybridized carbons (Fsp3) is 0.400. The van der Waals surface area contributed by atoms with Crippen LogP contribution in [0.4, 0.5) is 10.5 Å². The fourth-order valence-corrected chi connectivity index (χ4v) is 4.94. The highest BCUT2D eigenvalue weighted by atomic mass is 16.7.